The van der Waals surface area contributed by atoms with Gasteiger partial charge in [-0.15, -0.1) is 0 Å². The molecule has 0 amide bonds. The van der Waals surface area contributed by atoms with Crippen molar-refractivity contribution in [3.8, 4) is 0 Å². The molecule has 0 saturated heterocycles. The van der Waals surface area contributed by atoms with Gasteiger partial charge in [-0.1, -0.05) is 32.0 Å². The maximum absolute atomic E-state index is 5.48. The van der Waals surface area contributed by atoms with E-state index in [2.05, 4.69) is 36.5 Å². The molecule has 0 aliphatic heterocycles. The summed E-state index contributed by atoms with van der Waals surface area (Å²) in [6.07, 6.45) is 2.24. The molecule has 0 aliphatic carbocycles. The Morgan fingerprint density at radius 3 is 2.39 bits per heavy atom. The van der Waals surface area contributed by atoms with Crippen molar-refractivity contribution in [1.82, 2.24) is 5.43 Å². The van der Waals surface area contributed by atoms with Crippen LogP contribution in [0.3, 0.4) is 0 Å². The summed E-state index contributed by atoms with van der Waals surface area (Å²) < 4.78 is 0. The highest BCUT2D eigenvalue weighted by molar-refractivity contribution is 5.93. The predicted molar refractivity (Wildman–Crippen MR) is 78.4 cm³/mol. The van der Waals surface area contributed by atoms with Crippen LogP contribution in [0.15, 0.2) is 35.3 Å². The quantitative estimate of drug-likeness (QED) is 0.325. The highest BCUT2D eigenvalue weighted by Crippen LogP contribution is 2.10. The third kappa shape index (κ3) is 5.68. The summed E-state index contributed by atoms with van der Waals surface area (Å²) in [5, 5.41) is 3.16. The van der Waals surface area contributed by atoms with Gasteiger partial charge >= 0.3 is 0 Å². The van der Waals surface area contributed by atoms with E-state index in [1.54, 1.807) is 0 Å². The summed E-state index contributed by atoms with van der Waals surface area (Å²) in [4.78, 5) is 4.53. The molecule has 4 N–H and O–H groups in total. The number of hydrogen-bond acceptors (Lipinski definition) is 2. The van der Waals surface area contributed by atoms with E-state index in [-0.39, 0.29) is 6.04 Å². The highest BCUT2D eigenvalue weighted by atomic mass is 15.3. The molecule has 0 aromatic heterocycles. The van der Waals surface area contributed by atoms with Crippen LogP contribution < -0.4 is 16.6 Å². The summed E-state index contributed by atoms with van der Waals surface area (Å²) in [6, 6.07) is 10.1. The Bertz CT molecular complexity index is 359. The lowest BCUT2D eigenvalue weighted by atomic mass is 10.1. The molecule has 0 heterocycles. The first kappa shape index (κ1) is 14.5. The topological polar surface area (TPSA) is 62.4 Å². The summed E-state index contributed by atoms with van der Waals surface area (Å²) >= 11 is 0. The molecular formula is C14H24N4. The largest absolute Gasteiger partial charge is 0.325 e. The minimum Gasteiger partial charge on any atom is -0.325 e. The smallest absolute Gasteiger partial charge is 0.210 e. The Hall–Kier alpha value is -1.55. The van der Waals surface area contributed by atoms with Crippen molar-refractivity contribution in [2.75, 3.05) is 5.32 Å². The first-order valence-electron chi connectivity index (χ1n) is 6.48. The number of guanidine groups is 1. The summed E-state index contributed by atoms with van der Waals surface area (Å²) in [6.45, 7) is 6.55. The van der Waals surface area contributed by atoms with Gasteiger partial charge in [0.1, 0.15) is 0 Å². The average Bonchev–Trinajstić information content (AvgIpc) is 2.37. The standard InChI is InChI=1S/C14H24N4/c1-11(2)9-10-12(3)16-14(18-15)17-13-7-5-4-6-8-13/h4-8,11-12H,9-10,15H2,1-3H3,(H2,16,17,18). The van der Waals surface area contributed by atoms with Gasteiger partial charge in [0.25, 0.3) is 0 Å². The molecule has 1 aromatic rings. The van der Waals surface area contributed by atoms with Gasteiger partial charge in [-0.05, 0) is 37.8 Å². The van der Waals surface area contributed by atoms with Crippen LogP contribution >= 0.6 is 0 Å². The number of nitrogens with zero attached hydrogens (tertiary/aromatic N) is 1. The van der Waals surface area contributed by atoms with E-state index in [4.69, 9.17) is 5.84 Å². The lowest BCUT2D eigenvalue weighted by Crippen LogP contribution is -2.37. The van der Waals surface area contributed by atoms with Crippen LogP contribution in [0.5, 0.6) is 0 Å². The third-order valence-corrected chi connectivity index (χ3v) is 2.68. The van der Waals surface area contributed by atoms with Crippen molar-refractivity contribution < 1.29 is 0 Å². The van der Waals surface area contributed by atoms with Gasteiger partial charge in [0, 0.05) is 5.69 Å². The molecular weight excluding hydrogens is 224 g/mol. The minimum atomic E-state index is 0.259. The molecule has 4 nitrogen and oxygen atoms in total. The number of anilines is 1. The number of benzene rings is 1. The molecule has 1 aromatic carbocycles. The van der Waals surface area contributed by atoms with Gasteiger partial charge in [0.05, 0.1) is 6.04 Å². The lowest BCUT2D eigenvalue weighted by molar-refractivity contribution is 0.514. The van der Waals surface area contributed by atoms with Crippen molar-refractivity contribution in [2.45, 2.75) is 39.7 Å². The number of aliphatic imine (C=N–C) groups is 1. The first-order valence-corrected chi connectivity index (χ1v) is 6.48. The van der Waals surface area contributed by atoms with E-state index >= 15 is 0 Å². The van der Waals surface area contributed by atoms with Gasteiger partial charge in [-0.3, -0.25) is 5.43 Å². The number of para-hydroxylation sites is 1. The molecule has 0 fully saturated rings. The molecule has 0 spiro atoms. The van der Waals surface area contributed by atoms with Gasteiger partial charge < -0.3 is 5.32 Å². The van der Waals surface area contributed by atoms with Crippen molar-refractivity contribution in [2.24, 2.45) is 16.8 Å². The second-order valence-corrected chi connectivity index (χ2v) is 4.93. The van der Waals surface area contributed by atoms with E-state index in [0.29, 0.717) is 11.9 Å². The van der Waals surface area contributed by atoms with Gasteiger partial charge in [0.15, 0.2) is 0 Å². The fraction of sp³-hybridized carbons (Fsp3) is 0.500. The van der Waals surface area contributed by atoms with Gasteiger partial charge in [-0.25, -0.2) is 10.8 Å². The highest BCUT2D eigenvalue weighted by Gasteiger charge is 2.04. The number of nitrogens with one attached hydrogen (secondary N) is 2. The van der Waals surface area contributed by atoms with E-state index in [0.717, 1.165) is 12.1 Å². The Morgan fingerprint density at radius 1 is 1.17 bits per heavy atom. The number of nitrogens with two attached hydrogens (primary N) is 1. The monoisotopic (exact) mass is 248 g/mol. The second kappa shape index (κ2) is 7.71. The average molecular weight is 248 g/mol. The van der Waals surface area contributed by atoms with Crippen LogP contribution in [0.25, 0.3) is 0 Å². The Morgan fingerprint density at radius 2 is 1.83 bits per heavy atom. The molecule has 1 atom stereocenters. The van der Waals surface area contributed by atoms with Crippen LogP contribution in [0.4, 0.5) is 5.69 Å². The van der Waals surface area contributed by atoms with Crippen LogP contribution in [0.2, 0.25) is 0 Å². The van der Waals surface area contributed by atoms with Crippen molar-refractivity contribution in [1.29, 1.82) is 0 Å². The molecule has 0 aliphatic rings. The molecule has 1 unspecified atom stereocenters. The zero-order chi connectivity index (χ0) is 13.4. The molecule has 1 rings (SSSR count). The van der Waals surface area contributed by atoms with E-state index in [9.17, 15) is 0 Å². The fourth-order valence-electron chi connectivity index (χ4n) is 1.62. The summed E-state index contributed by atoms with van der Waals surface area (Å²) in [7, 11) is 0. The van der Waals surface area contributed by atoms with Crippen molar-refractivity contribution >= 4 is 11.6 Å². The number of hydrogen-bond donors (Lipinski definition) is 3. The van der Waals surface area contributed by atoms with Crippen LogP contribution in [-0.4, -0.2) is 12.0 Å². The maximum Gasteiger partial charge on any atom is 0.210 e. The SMILES string of the molecule is CC(C)CCC(C)N=C(NN)Nc1ccccc1. The summed E-state index contributed by atoms with van der Waals surface area (Å²) in [5.74, 6) is 6.80. The molecule has 18 heavy (non-hydrogen) atoms. The van der Waals surface area contributed by atoms with Crippen LogP contribution in [0, 0.1) is 5.92 Å². The molecule has 0 bridgehead atoms. The molecule has 100 valence electrons. The van der Waals surface area contributed by atoms with Crippen LogP contribution in [-0.2, 0) is 0 Å². The number of hydrazine groups is 1. The Labute approximate surface area is 110 Å². The predicted octanol–water partition coefficient (Wildman–Crippen LogP) is 2.74. The Kier molecular flexibility index (Phi) is 6.22. The van der Waals surface area contributed by atoms with E-state index < -0.39 is 0 Å². The van der Waals surface area contributed by atoms with Gasteiger partial charge in [-0.2, -0.15) is 0 Å². The Balaban J connectivity index is 2.54. The van der Waals surface area contributed by atoms with E-state index in [1.807, 2.05) is 30.3 Å². The fourth-order valence-corrected chi connectivity index (χ4v) is 1.62. The molecule has 4 heteroatoms. The van der Waals surface area contributed by atoms with Crippen molar-refractivity contribution in [3.05, 3.63) is 30.3 Å². The molecule has 0 radical (unpaired) electrons. The van der Waals surface area contributed by atoms with Crippen LogP contribution in [0.1, 0.15) is 33.6 Å². The molecule has 0 saturated carbocycles. The summed E-state index contributed by atoms with van der Waals surface area (Å²) in [5.41, 5.74) is 3.59. The van der Waals surface area contributed by atoms with Gasteiger partial charge in [0.2, 0.25) is 5.96 Å². The zero-order valence-electron chi connectivity index (χ0n) is 11.5. The van der Waals surface area contributed by atoms with Crippen molar-refractivity contribution in [3.63, 3.8) is 0 Å². The first-order chi connectivity index (χ1) is 8.61. The normalized spacial score (nSPS) is 13.5. The number of rotatable bonds is 5. The minimum absolute atomic E-state index is 0.259. The maximum atomic E-state index is 5.48. The lowest BCUT2D eigenvalue weighted by Gasteiger charge is -2.13. The second-order valence-electron chi connectivity index (χ2n) is 4.93. The van der Waals surface area contributed by atoms with E-state index in [1.165, 1.54) is 6.42 Å². The third-order valence-electron chi connectivity index (χ3n) is 2.68. The zero-order valence-corrected chi connectivity index (χ0v) is 11.5.